The topological polar surface area (TPSA) is 25.4 Å². The number of pyridine rings is 1. The molecule has 2 aromatic carbocycles. The van der Waals surface area contributed by atoms with Crippen LogP contribution in [-0.2, 0) is 13.0 Å². The SMILES string of the molecule is COc1ccc2c(C)cc(N3CCc4ccccc4C3)nc2c1. The maximum Gasteiger partial charge on any atom is 0.129 e. The Bertz CT molecular complexity index is 873. The van der Waals surface area contributed by atoms with E-state index in [-0.39, 0.29) is 0 Å². The number of aromatic nitrogens is 1. The summed E-state index contributed by atoms with van der Waals surface area (Å²) in [6.45, 7) is 4.09. The van der Waals surface area contributed by atoms with Crippen molar-refractivity contribution >= 4 is 16.7 Å². The Morgan fingerprint density at radius 3 is 2.70 bits per heavy atom. The summed E-state index contributed by atoms with van der Waals surface area (Å²) in [6, 6.07) is 17.0. The van der Waals surface area contributed by atoms with Crippen LogP contribution in [0.2, 0.25) is 0 Å². The van der Waals surface area contributed by atoms with E-state index in [0.29, 0.717) is 0 Å². The zero-order valence-electron chi connectivity index (χ0n) is 13.5. The van der Waals surface area contributed by atoms with Gasteiger partial charge < -0.3 is 9.64 Å². The van der Waals surface area contributed by atoms with Crippen molar-refractivity contribution < 1.29 is 4.74 Å². The fraction of sp³-hybridized carbons (Fsp3) is 0.250. The van der Waals surface area contributed by atoms with E-state index in [0.717, 1.165) is 36.6 Å². The van der Waals surface area contributed by atoms with E-state index in [2.05, 4.69) is 48.2 Å². The molecule has 0 fully saturated rings. The molecular formula is C20H20N2O. The molecule has 2 heterocycles. The quantitative estimate of drug-likeness (QED) is 0.712. The number of fused-ring (bicyclic) bond motifs is 2. The van der Waals surface area contributed by atoms with Crippen molar-refractivity contribution in [3.8, 4) is 5.75 Å². The molecule has 0 atom stereocenters. The molecule has 0 spiro atoms. The van der Waals surface area contributed by atoms with Gasteiger partial charge in [-0.3, -0.25) is 0 Å². The van der Waals surface area contributed by atoms with Crippen molar-refractivity contribution in [2.24, 2.45) is 0 Å². The zero-order valence-corrected chi connectivity index (χ0v) is 13.5. The molecule has 0 bridgehead atoms. The molecule has 116 valence electrons. The maximum absolute atomic E-state index is 5.34. The molecule has 3 heteroatoms. The number of rotatable bonds is 2. The standard InChI is InChI=1S/C20H20N2O/c1-14-11-20(21-19-12-17(23-2)7-8-18(14)19)22-10-9-15-5-3-4-6-16(15)13-22/h3-8,11-12H,9-10,13H2,1-2H3. The molecule has 1 aliphatic heterocycles. The summed E-state index contributed by atoms with van der Waals surface area (Å²) in [7, 11) is 1.69. The highest BCUT2D eigenvalue weighted by Crippen LogP contribution is 2.28. The third kappa shape index (κ3) is 2.52. The van der Waals surface area contributed by atoms with Gasteiger partial charge in [0.2, 0.25) is 0 Å². The van der Waals surface area contributed by atoms with Crippen LogP contribution in [0.3, 0.4) is 0 Å². The van der Waals surface area contributed by atoms with Gasteiger partial charge >= 0.3 is 0 Å². The summed E-state index contributed by atoms with van der Waals surface area (Å²) in [5.41, 5.74) is 5.12. The van der Waals surface area contributed by atoms with E-state index in [1.54, 1.807) is 7.11 Å². The lowest BCUT2D eigenvalue weighted by Crippen LogP contribution is -2.31. The van der Waals surface area contributed by atoms with Crippen molar-refractivity contribution in [2.45, 2.75) is 19.9 Å². The monoisotopic (exact) mass is 304 g/mol. The Kier molecular flexibility index (Phi) is 3.41. The molecule has 23 heavy (non-hydrogen) atoms. The summed E-state index contributed by atoms with van der Waals surface area (Å²) in [5, 5.41) is 1.19. The highest BCUT2D eigenvalue weighted by Gasteiger charge is 2.18. The molecule has 3 aromatic rings. The average molecular weight is 304 g/mol. The number of hydrogen-bond donors (Lipinski definition) is 0. The lowest BCUT2D eigenvalue weighted by molar-refractivity contribution is 0.415. The minimum absolute atomic E-state index is 0.852. The summed E-state index contributed by atoms with van der Waals surface area (Å²) in [4.78, 5) is 7.26. The van der Waals surface area contributed by atoms with E-state index in [1.807, 2.05) is 12.1 Å². The van der Waals surface area contributed by atoms with Gasteiger partial charge in [-0.1, -0.05) is 24.3 Å². The van der Waals surface area contributed by atoms with E-state index >= 15 is 0 Å². The van der Waals surface area contributed by atoms with Crippen molar-refractivity contribution in [3.05, 3.63) is 65.2 Å². The summed E-state index contributed by atoms with van der Waals surface area (Å²) in [6.07, 6.45) is 1.08. The number of anilines is 1. The molecule has 0 aliphatic carbocycles. The van der Waals surface area contributed by atoms with Gasteiger partial charge in [0.25, 0.3) is 0 Å². The number of aryl methyl sites for hydroxylation is 1. The van der Waals surface area contributed by atoms with Gasteiger partial charge in [0.1, 0.15) is 11.6 Å². The molecule has 0 unspecified atom stereocenters. The Morgan fingerprint density at radius 2 is 1.87 bits per heavy atom. The fourth-order valence-electron chi connectivity index (χ4n) is 3.34. The largest absolute Gasteiger partial charge is 0.497 e. The van der Waals surface area contributed by atoms with Crippen LogP contribution < -0.4 is 9.64 Å². The molecule has 3 nitrogen and oxygen atoms in total. The average Bonchev–Trinajstić information content (AvgIpc) is 2.60. The summed E-state index contributed by atoms with van der Waals surface area (Å²) >= 11 is 0. The highest BCUT2D eigenvalue weighted by atomic mass is 16.5. The van der Waals surface area contributed by atoms with Crippen LogP contribution in [0.5, 0.6) is 5.75 Å². The number of nitrogens with zero attached hydrogens (tertiary/aromatic N) is 2. The molecule has 0 N–H and O–H groups in total. The van der Waals surface area contributed by atoms with Gasteiger partial charge in [-0.15, -0.1) is 0 Å². The van der Waals surface area contributed by atoms with Gasteiger partial charge in [-0.25, -0.2) is 4.98 Å². The van der Waals surface area contributed by atoms with Crippen molar-refractivity contribution in [1.82, 2.24) is 4.98 Å². The van der Waals surface area contributed by atoms with E-state index < -0.39 is 0 Å². The molecule has 1 aromatic heterocycles. The first-order valence-corrected chi connectivity index (χ1v) is 8.02. The zero-order chi connectivity index (χ0) is 15.8. The maximum atomic E-state index is 5.34. The number of ether oxygens (including phenoxy) is 1. The van der Waals surface area contributed by atoms with Crippen molar-refractivity contribution in [3.63, 3.8) is 0 Å². The van der Waals surface area contributed by atoms with Crippen LogP contribution in [-0.4, -0.2) is 18.6 Å². The van der Waals surface area contributed by atoms with Crippen LogP contribution in [0.25, 0.3) is 10.9 Å². The second kappa shape index (κ2) is 5.58. The van der Waals surface area contributed by atoms with Gasteiger partial charge in [-0.05, 0) is 48.2 Å². The number of methoxy groups -OCH3 is 1. The molecule has 0 saturated heterocycles. The predicted octanol–water partition coefficient (Wildman–Crippen LogP) is 4.11. The lowest BCUT2D eigenvalue weighted by Gasteiger charge is -2.30. The van der Waals surface area contributed by atoms with E-state index in [9.17, 15) is 0 Å². The summed E-state index contributed by atoms with van der Waals surface area (Å²) < 4.78 is 5.34. The van der Waals surface area contributed by atoms with Crippen LogP contribution in [0.15, 0.2) is 48.5 Å². The van der Waals surface area contributed by atoms with Crippen LogP contribution in [0, 0.1) is 6.92 Å². The highest BCUT2D eigenvalue weighted by molar-refractivity contribution is 5.85. The van der Waals surface area contributed by atoms with Gasteiger partial charge in [0.15, 0.2) is 0 Å². The van der Waals surface area contributed by atoms with Gasteiger partial charge in [0, 0.05) is 24.5 Å². The molecule has 0 saturated carbocycles. The van der Waals surface area contributed by atoms with Crippen molar-refractivity contribution in [1.29, 1.82) is 0 Å². The summed E-state index contributed by atoms with van der Waals surface area (Å²) in [5.74, 6) is 1.91. The first kappa shape index (κ1) is 14.1. The normalized spacial score (nSPS) is 13.9. The van der Waals surface area contributed by atoms with Gasteiger partial charge in [0.05, 0.1) is 12.6 Å². The molecule has 0 radical (unpaired) electrons. The Labute approximate surface area is 136 Å². The van der Waals surface area contributed by atoms with E-state index in [4.69, 9.17) is 9.72 Å². The molecule has 1 aliphatic rings. The van der Waals surface area contributed by atoms with Crippen LogP contribution in [0.4, 0.5) is 5.82 Å². The van der Waals surface area contributed by atoms with Gasteiger partial charge in [-0.2, -0.15) is 0 Å². The molecular weight excluding hydrogens is 284 g/mol. The van der Waals surface area contributed by atoms with Crippen LogP contribution in [0.1, 0.15) is 16.7 Å². The lowest BCUT2D eigenvalue weighted by atomic mass is 10.00. The van der Waals surface area contributed by atoms with E-state index in [1.165, 1.54) is 22.1 Å². The Balaban J connectivity index is 1.74. The third-order valence-electron chi connectivity index (χ3n) is 4.66. The Hall–Kier alpha value is -2.55. The molecule has 0 amide bonds. The minimum atomic E-state index is 0.852. The first-order chi connectivity index (χ1) is 11.2. The van der Waals surface area contributed by atoms with Crippen LogP contribution >= 0.6 is 0 Å². The number of benzene rings is 2. The smallest absolute Gasteiger partial charge is 0.129 e. The molecule has 4 rings (SSSR count). The second-order valence-corrected chi connectivity index (χ2v) is 6.12. The predicted molar refractivity (Wildman–Crippen MR) is 94.2 cm³/mol. The number of hydrogen-bond acceptors (Lipinski definition) is 3. The second-order valence-electron chi connectivity index (χ2n) is 6.12. The third-order valence-corrected chi connectivity index (χ3v) is 4.66. The first-order valence-electron chi connectivity index (χ1n) is 8.02. The Morgan fingerprint density at radius 1 is 1.04 bits per heavy atom. The minimum Gasteiger partial charge on any atom is -0.497 e. The fourth-order valence-corrected chi connectivity index (χ4v) is 3.34. The van der Waals surface area contributed by atoms with Crippen molar-refractivity contribution in [2.75, 3.05) is 18.6 Å².